The number of amides is 1. The largest absolute Gasteiger partial charge is 0.493 e. The number of benzene rings is 1. The number of carbonyl (C=O) groups is 1. The van der Waals surface area contributed by atoms with E-state index >= 15 is 0 Å². The Kier molecular flexibility index (Phi) is 9.36. The van der Waals surface area contributed by atoms with Crippen molar-refractivity contribution in [2.75, 3.05) is 27.4 Å². The van der Waals surface area contributed by atoms with Gasteiger partial charge in [-0.3, -0.25) is 4.79 Å². The number of ether oxygens (including phenoxy) is 3. The summed E-state index contributed by atoms with van der Waals surface area (Å²) in [5, 5.41) is 3.11. The number of hydrogen-bond acceptors (Lipinski definition) is 5. The van der Waals surface area contributed by atoms with Gasteiger partial charge >= 0.3 is 0 Å². The van der Waals surface area contributed by atoms with Gasteiger partial charge in [0.2, 0.25) is 5.91 Å². The average molecular weight is 401 g/mol. The minimum Gasteiger partial charge on any atom is -0.493 e. The maximum absolute atomic E-state index is 12.7. The third-order valence-electron chi connectivity index (χ3n) is 5.16. The number of nitrogens with two attached hydrogens (primary N) is 1. The molecule has 3 atom stereocenters. The predicted octanol–water partition coefficient (Wildman–Crippen LogP) is 3.23. The zero-order valence-corrected chi connectivity index (χ0v) is 17.6. The maximum Gasteiger partial charge on any atom is 0.225 e. The second-order valence-electron chi connectivity index (χ2n) is 7.29. The molecular weight excluding hydrogens is 368 g/mol. The number of halogens is 1. The van der Waals surface area contributed by atoms with Crippen LogP contribution in [0.3, 0.4) is 0 Å². The summed E-state index contributed by atoms with van der Waals surface area (Å²) in [5.41, 5.74) is 6.88. The molecule has 154 valence electrons. The molecule has 3 unspecified atom stereocenters. The van der Waals surface area contributed by atoms with Gasteiger partial charge in [-0.15, -0.1) is 12.4 Å². The van der Waals surface area contributed by atoms with Crippen molar-refractivity contribution in [3.05, 3.63) is 23.8 Å². The molecule has 2 rings (SSSR count). The Hall–Kier alpha value is -1.50. The van der Waals surface area contributed by atoms with Crippen molar-refractivity contribution in [3.63, 3.8) is 0 Å². The molecule has 0 spiro atoms. The van der Waals surface area contributed by atoms with E-state index in [1.807, 2.05) is 32.0 Å². The van der Waals surface area contributed by atoms with Gasteiger partial charge in [0.25, 0.3) is 0 Å². The molecule has 0 aromatic heterocycles. The van der Waals surface area contributed by atoms with E-state index in [0.717, 1.165) is 31.2 Å². The molecule has 1 aliphatic rings. The summed E-state index contributed by atoms with van der Waals surface area (Å²) in [4.78, 5) is 12.7. The lowest BCUT2D eigenvalue weighted by atomic mass is 9.74. The van der Waals surface area contributed by atoms with Gasteiger partial charge < -0.3 is 25.3 Å². The van der Waals surface area contributed by atoms with Gasteiger partial charge in [-0.2, -0.15) is 0 Å². The van der Waals surface area contributed by atoms with Crippen LogP contribution in [0, 0.1) is 5.92 Å². The van der Waals surface area contributed by atoms with Crippen LogP contribution in [0.1, 0.15) is 51.1 Å². The van der Waals surface area contributed by atoms with Crippen LogP contribution in [0.15, 0.2) is 18.2 Å². The zero-order valence-electron chi connectivity index (χ0n) is 16.7. The first-order valence-corrected chi connectivity index (χ1v) is 9.28. The van der Waals surface area contributed by atoms with E-state index in [4.69, 9.17) is 19.9 Å². The van der Waals surface area contributed by atoms with Crippen molar-refractivity contribution in [1.82, 2.24) is 5.32 Å². The Labute approximate surface area is 168 Å². The number of hydrogen-bond donors (Lipinski definition) is 2. The van der Waals surface area contributed by atoms with Crippen LogP contribution in [0.25, 0.3) is 0 Å². The fourth-order valence-corrected chi connectivity index (χ4v) is 3.49. The molecule has 1 amide bonds. The highest BCUT2D eigenvalue weighted by molar-refractivity contribution is 5.85. The van der Waals surface area contributed by atoms with E-state index in [9.17, 15) is 4.79 Å². The van der Waals surface area contributed by atoms with E-state index in [0.29, 0.717) is 24.7 Å². The van der Waals surface area contributed by atoms with Crippen molar-refractivity contribution >= 4 is 18.3 Å². The van der Waals surface area contributed by atoms with Gasteiger partial charge in [0.05, 0.1) is 25.7 Å². The Balaban J connectivity index is 0.00000364. The summed E-state index contributed by atoms with van der Waals surface area (Å²) >= 11 is 0. The molecule has 0 saturated heterocycles. The number of rotatable bonds is 8. The third kappa shape index (κ3) is 6.26. The van der Waals surface area contributed by atoms with E-state index < -0.39 is 5.54 Å². The molecule has 27 heavy (non-hydrogen) atoms. The molecule has 7 heteroatoms. The quantitative estimate of drug-likeness (QED) is 0.654. The third-order valence-corrected chi connectivity index (χ3v) is 5.16. The Morgan fingerprint density at radius 2 is 2.04 bits per heavy atom. The molecule has 0 radical (unpaired) electrons. The Bertz CT molecular complexity index is 610. The summed E-state index contributed by atoms with van der Waals surface area (Å²) in [6.07, 6.45) is 3.89. The van der Waals surface area contributed by atoms with Gasteiger partial charge in [0.15, 0.2) is 11.5 Å². The molecule has 0 heterocycles. The summed E-state index contributed by atoms with van der Waals surface area (Å²) in [6.45, 7) is 4.91. The summed E-state index contributed by atoms with van der Waals surface area (Å²) in [7, 11) is 3.24. The second kappa shape index (κ2) is 10.7. The predicted molar refractivity (Wildman–Crippen MR) is 109 cm³/mol. The lowest BCUT2D eigenvalue weighted by molar-refractivity contribution is -0.128. The van der Waals surface area contributed by atoms with Crippen LogP contribution < -0.4 is 20.5 Å². The zero-order chi connectivity index (χ0) is 19.2. The molecule has 3 N–H and O–H groups in total. The molecule has 1 aromatic rings. The van der Waals surface area contributed by atoms with Crippen molar-refractivity contribution < 1.29 is 19.0 Å². The first-order valence-electron chi connectivity index (χ1n) is 9.28. The summed E-state index contributed by atoms with van der Waals surface area (Å²) in [6, 6.07) is 5.57. The van der Waals surface area contributed by atoms with Gasteiger partial charge in [-0.1, -0.05) is 18.9 Å². The second-order valence-corrected chi connectivity index (χ2v) is 7.29. The first-order chi connectivity index (χ1) is 12.4. The van der Waals surface area contributed by atoms with Crippen LogP contribution >= 0.6 is 12.4 Å². The van der Waals surface area contributed by atoms with E-state index in [1.54, 1.807) is 14.2 Å². The summed E-state index contributed by atoms with van der Waals surface area (Å²) < 4.78 is 16.1. The molecule has 0 bridgehead atoms. The van der Waals surface area contributed by atoms with Crippen molar-refractivity contribution in [1.29, 1.82) is 0 Å². The van der Waals surface area contributed by atoms with Crippen LogP contribution in [-0.2, 0) is 9.53 Å². The molecule has 1 saturated carbocycles. The fraction of sp³-hybridized carbons (Fsp3) is 0.650. The van der Waals surface area contributed by atoms with Crippen molar-refractivity contribution in [2.24, 2.45) is 11.7 Å². The molecular formula is C20H33ClN2O4. The molecule has 1 aliphatic carbocycles. The molecule has 1 aromatic carbocycles. The fourth-order valence-electron chi connectivity index (χ4n) is 3.49. The van der Waals surface area contributed by atoms with Crippen LogP contribution in [0.4, 0.5) is 0 Å². The highest BCUT2D eigenvalue weighted by Crippen LogP contribution is 2.33. The van der Waals surface area contributed by atoms with E-state index in [1.165, 1.54) is 0 Å². The minimum absolute atomic E-state index is 0. The topological polar surface area (TPSA) is 82.8 Å². The Morgan fingerprint density at radius 1 is 1.30 bits per heavy atom. The van der Waals surface area contributed by atoms with Gasteiger partial charge in [-0.25, -0.2) is 0 Å². The van der Waals surface area contributed by atoms with Crippen LogP contribution in [-0.4, -0.2) is 38.9 Å². The normalized spacial score (nSPS) is 23.1. The Morgan fingerprint density at radius 3 is 2.67 bits per heavy atom. The molecule has 1 fully saturated rings. The minimum atomic E-state index is -0.432. The van der Waals surface area contributed by atoms with Crippen molar-refractivity contribution in [3.8, 4) is 11.5 Å². The number of carbonyl (C=O) groups excluding carboxylic acids is 1. The van der Waals surface area contributed by atoms with Gasteiger partial charge in [0, 0.05) is 12.6 Å². The van der Waals surface area contributed by atoms with Gasteiger partial charge in [0.1, 0.15) is 6.61 Å². The smallest absolute Gasteiger partial charge is 0.225 e. The standard InChI is InChI=1S/C20H32N2O4.ClH/c1-14(22-19(23)16-7-5-6-10-20(16,2)21)15-8-9-17(18(13-15)25-4)26-12-11-24-3;/h8-9,13-14,16H,5-7,10-12,21H2,1-4H3,(H,22,23);1H. The lowest BCUT2D eigenvalue weighted by Crippen LogP contribution is -2.53. The van der Waals surface area contributed by atoms with Crippen LogP contribution in [0.2, 0.25) is 0 Å². The first kappa shape index (κ1) is 23.5. The summed E-state index contributed by atoms with van der Waals surface area (Å²) in [5.74, 6) is 1.19. The average Bonchev–Trinajstić information content (AvgIpc) is 2.61. The SMILES string of the molecule is COCCOc1ccc(C(C)NC(=O)C2CCCCC2(C)N)cc1OC.Cl. The van der Waals surface area contributed by atoms with Gasteiger partial charge in [-0.05, 0) is 44.4 Å². The van der Waals surface area contributed by atoms with E-state index in [2.05, 4.69) is 5.32 Å². The van der Waals surface area contributed by atoms with E-state index in [-0.39, 0.29) is 30.3 Å². The molecule has 6 nitrogen and oxygen atoms in total. The number of methoxy groups -OCH3 is 2. The highest BCUT2D eigenvalue weighted by atomic mass is 35.5. The van der Waals surface area contributed by atoms with Crippen LogP contribution in [0.5, 0.6) is 11.5 Å². The van der Waals surface area contributed by atoms with Crippen molar-refractivity contribution in [2.45, 2.75) is 51.1 Å². The lowest BCUT2D eigenvalue weighted by Gasteiger charge is -2.37. The monoisotopic (exact) mass is 400 g/mol. The highest BCUT2D eigenvalue weighted by Gasteiger charge is 2.38. The maximum atomic E-state index is 12.7. The number of nitrogens with one attached hydrogen (secondary N) is 1. The molecule has 0 aliphatic heterocycles.